The fourth-order valence-corrected chi connectivity index (χ4v) is 1.34. The largest absolute Gasteiger partial charge is 0.507 e. The van der Waals surface area contributed by atoms with Crippen LogP contribution in [0.1, 0.15) is 0 Å². The number of ether oxygens (including phenoxy) is 2. The van der Waals surface area contributed by atoms with Gasteiger partial charge in [0.05, 0.1) is 11.5 Å². The molecule has 0 bridgehead atoms. The molecule has 0 radical (unpaired) electrons. The maximum atomic E-state index is 11.0. The van der Waals surface area contributed by atoms with Gasteiger partial charge in [0.1, 0.15) is 17.1 Å². The van der Waals surface area contributed by atoms with Crippen molar-refractivity contribution in [2.24, 2.45) is 0 Å². The molecule has 0 unspecified atom stereocenters. The predicted molar refractivity (Wildman–Crippen MR) is 56.7 cm³/mol. The van der Waals surface area contributed by atoms with Gasteiger partial charge in [-0.15, -0.1) is 0 Å². The lowest BCUT2D eigenvalue weighted by Gasteiger charge is -2.05. The van der Waals surface area contributed by atoms with Crippen LogP contribution in [0.5, 0.6) is 11.5 Å². The fraction of sp³-hybridized carbons (Fsp3) is 0.182. The van der Waals surface area contributed by atoms with Crippen molar-refractivity contribution in [3.8, 4) is 11.5 Å². The smallest absolute Gasteiger partial charge is 0.339 e. The molecule has 16 heavy (non-hydrogen) atoms. The second-order valence-electron chi connectivity index (χ2n) is 3.16. The lowest BCUT2D eigenvalue weighted by atomic mass is 10.2. The van der Waals surface area contributed by atoms with Crippen molar-refractivity contribution in [2.75, 3.05) is 13.9 Å². The van der Waals surface area contributed by atoms with Crippen LogP contribution in [-0.4, -0.2) is 19.0 Å². The molecular weight excluding hydrogens is 212 g/mol. The standard InChI is InChI=1S/C11H10O5/c1-14-6-15-7-2-3-8-9(12)5-11(13)16-10(8)4-7/h2-5,12H,6H2,1H3. The molecule has 0 saturated carbocycles. The zero-order chi connectivity index (χ0) is 11.5. The average molecular weight is 222 g/mol. The van der Waals surface area contributed by atoms with Gasteiger partial charge in [0.2, 0.25) is 0 Å². The van der Waals surface area contributed by atoms with Gasteiger partial charge in [-0.2, -0.15) is 0 Å². The van der Waals surface area contributed by atoms with Crippen LogP contribution in [0.3, 0.4) is 0 Å². The van der Waals surface area contributed by atoms with Gasteiger partial charge >= 0.3 is 5.63 Å². The van der Waals surface area contributed by atoms with Crippen LogP contribution in [0.2, 0.25) is 0 Å². The second kappa shape index (κ2) is 4.24. The maximum absolute atomic E-state index is 11.0. The first-order valence-electron chi connectivity index (χ1n) is 4.59. The number of fused-ring (bicyclic) bond motifs is 1. The van der Waals surface area contributed by atoms with Crippen molar-refractivity contribution in [2.45, 2.75) is 0 Å². The molecular formula is C11H10O5. The molecule has 1 aromatic heterocycles. The van der Waals surface area contributed by atoms with Crippen molar-refractivity contribution in [1.29, 1.82) is 0 Å². The van der Waals surface area contributed by atoms with E-state index >= 15 is 0 Å². The topological polar surface area (TPSA) is 68.9 Å². The number of hydrogen-bond donors (Lipinski definition) is 1. The first kappa shape index (κ1) is 10.5. The zero-order valence-electron chi connectivity index (χ0n) is 8.60. The first-order chi connectivity index (χ1) is 7.70. The third kappa shape index (κ3) is 1.99. The minimum atomic E-state index is -0.603. The van der Waals surface area contributed by atoms with Gasteiger partial charge in [-0.3, -0.25) is 0 Å². The van der Waals surface area contributed by atoms with Gasteiger partial charge in [-0.25, -0.2) is 4.79 Å². The molecule has 1 heterocycles. The zero-order valence-corrected chi connectivity index (χ0v) is 8.60. The van der Waals surface area contributed by atoms with Gasteiger partial charge in [-0.1, -0.05) is 0 Å². The summed E-state index contributed by atoms with van der Waals surface area (Å²) >= 11 is 0. The molecule has 0 atom stereocenters. The van der Waals surface area contributed by atoms with E-state index in [4.69, 9.17) is 13.9 Å². The van der Waals surface area contributed by atoms with E-state index < -0.39 is 5.63 Å². The number of rotatable bonds is 3. The van der Waals surface area contributed by atoms with Crippen molar-refractivity contribution in [3.05, 3.63) is 34.7 Å². The number of hydrogen-bond acceptors (Lipinski definition) is 5. The Hall–Kier alpha value is -2.01. The Bertz CT molecular complexity index is 558. The van der Waals surface area contributed by atoms with Crippen LogP contribution in [0.15, 0.2) is 33.5 Å². The predicted octanol–water partition coefficient (Wildman–Crippen LogP) is 1.48. The molecule has 2 aromatic rings. The maximum Gasteiger partial charge on any atom is 0.339 e. The van der Waals surface area contributed by atoms with Crippen molar-refractivity contribution in [3.63, 3.8) is 0 Å². The van der Waals surface area contributed by atoms with Crippen molar-refractivity contribution >= 4 is 11.0 Å². The molecule has 0 saturated heterocycles. The SMILES string of the molecule is COCOc1ccc2c(O)cc(=O)oc2c1. The summed E-state index contributed by atoms with van der Waals surface area (Å²) in [5.74, 6) is 0.396. The monoisotopic (exact) mass is 222 g/mol. The first-order valence-corrected chi connectivity index (χ1v) is 4.59. The van der Waals surface area contributed by atoms with E-state index in [0.717, 1.165) is 6.07 Å². The second-order valence-corrected chi connectivity index (χ2v) is 3.16. The van der Waals surface area contributed by atoms with E-state index in [2.05, 4.69) is 0 Å². The highest BCUT2D eigenvalue weighted by Crippen LogP contribution is 2.26. The number of methoxy groups -OCH3 is 1. The summed E-state index contributed by atoms with van der Waals surface area (Å²) in [6, 6.07) is 5.81. The summed E-state index contributed by atoms with van der Waals surface area (Å²) < 4.78 is 14.8. The highest BCUT2D eigenvalue weighted by atomic mass is 16.7. The van der Waals surface area contributed by atoms with Gasteiger partial charge in [-0.05, 0) is 12.1 Å². The van der Waals surface area contributed by atoms with E-state index in [0.29, 0.717) is 11.1 Å². The van der Waals surface area contributed by atoms with Gasteiger partial charge in [0.15, 0.2) is 6.79 Å². The summed E-state index contributed by atoms with van der Waals surface area (Å²) in [7, 11) is 1.51. The minimum absolute atomic E-state index is 0.106. The molecule has 0 aliphatic heterocycles. The van der Waals surface area contributed by atoms with Crippen molar-refractivity contribution < 1.29 is 19.0 Å². The summed E-state index contributed by atoms with van der Waals surface area (Å²) in [6.07, 6.45) is 0. The Balaban J connectivity index is 2.49. The van der Waals surface area contributed by atoms with Crippen LogP contribution in [0.25, 0.3) is 11.0 Å². The van der Waals surface area contributed by atoms with Crippen LogP contribution >= 0.6 is 0 Å². The third-order valence-corrected chi connectivity index (χ3v) is 2.04. The summed E-state index contributed by atoms with van der Waals surface area (Å²) in [5, 5.41) is 9.96. The lowest BCUT2D eigenvalue weighted by molar-refractivity contribution is 0.0512. The van der Waals surface area contributed by atoms with Crippen LogP contribution in [-0.2, 0) is 4.74 Å². The van der Waals surface area contributed by atoms with Gasteiger partial charge in [0.25, 0.3) is 0 Å². The highest BCUT2D eigenvalue weighted by Gasteiger charge is 2.05. The van der Waals surface area contributed by atoms with Crippen LogP contribution in [0.4, 0.5) is 0 Å². The third-order valence-electron chi connectivity index (χ3n) is 2.04. The summed E-state index contributed by atoms with van der Waals surface area (Å²) in [4.78, 5) is 11.0. The van der Waals surface area contributed by atoms with E-state index in [9.17, 15) is 9.90 Å². The Morgan fingerprint density at radius 3 is 2.94 bits per heavy atom. The Morgan fingerprint density at radius 1 is 1.38 bits per heavy atom. The molecule has 84 valence electrons. The molecule has 0 spiro atoms. The minimum Gasteiger partial charge on any atom is -0.507 e. The normalized spacial score (nSPS) is 10.6. The van der Waals surface area contributed by atoms with E-state index in [1.165, 1.54) is 13.2 Å². The van der Waals surface area contributed by atoms with Gasteiger partial charge in [0, 0.05) is 13.2 Å². The van der Waals surface area contributed by atoms with E-state index in [-0.39, 0.29) is 18.1 Å². The summed E-state index contributed by atoms with van der Waals surface area (Å²) in [5.41, 5.74) is -0.326. The number of benzene rings is 1. The van der Waals surface area contributed by atoms with E-state index in [1.54, 1.807) is 12.1 Å². The molecule has 1 aromatic carbocycles. The van der Waals surface area contributed by atoms with Gasteiger partial charge < -0.3 is 19.0 Å². The fourth-order valence-electron chi connectivity index (χ4n) is 1.34. The molecule has 5 heteroatoms. The molecule has 1 N–H and O–H groups in total. The summed E-state index contributed by atoms with van der Waals surface area (Å²) in [6.45, 7) is 0.106. The number of aromatic hydroxyl groups is 1. The molecule has 0 aliphatic rings. The molecule has 5 nitrogen and oxygen atoms in total. The Kier molecular flexibility index (Phi) is 2.78. The Morgan fingerprint density at radius 2 is 2.19 bits per heavy atom. The quantitative estimate of drug-likeness (QED) is 0.629. The van der Waals surface area contributed by atoms with Crippen molar-refractivity contribution in [1.82, 2.24) is 0 Å². The highest BCUT2D eigenvalue weighted by molar-refractivity contribution is 5.83. The average Bonchev–Trinajstić information content (AvgIpc) is 2.25. The molecule has 0 aliphatic carbocycles. The van der Waals surface area contributed by atoms with Crippen LogP contribution in [0, 0.1) is 0 Å². The van der Waals surface area contributed by atoms with E-state index in [1.807, 2.05) is 0 Å². The van der Waals surface area contributed by atoms with Crippen LogP contribution < -0.4 is 10.4 Å². The molecule has 2 rings (SSSR count). The lowest BCUT2D eigenvalue weighted by Crippen LogP contribution is -1.99. The molecule has 0 amide bonds. The Labute approximate surface area is 90.8 Å². The molecule has 0 fully saturated rings.